The number of carbonyl (C=O) groups is 1. The Hall–Kier alpha value is -2.95. The van der Waals surface area contributed by atoms with Crippen molar-refractivity contribution in [2.24, 2.45) is 0 Å². The Balaban J connectivity index is 1.61. The molecule has 1 heterocycles. The van der Waals surface area contributed by atoms with Crippen LogP contribution in [-0.2, 0) is 21.4 Å². The molecule has 0 aliphatic carbocycles. The van der Waals surface area contributed by atoms with Gasteiger partial charge in [-0.2, -0.15) is 8.78 Å². The topological polar surface area (TPSA) is 88.4 Å². The largest absolute Gasteiger partial charge is 0.468 e. The number of halogens is 2. The van der Waals surface area contributed by atoms with Gasteiger partial charge in [0.25, 0.3) is 5.76 Å². The molecule has 0 fully saturated rings. The third kappa shape index (κ3) is 6.78. The van der Waals surface area contributed by atoms with Crippen LogP contribution in [0.25, 0.3) is 6.08 Å². The highest BCUT2D eigenvalue weighted by Crippen LogP contribution is 2.31. The number of alkyl halides is 2. The summed E-state index contributed by atoms with van der Waals surface area (Å²) in [6.45, 7) is 0.0302. The van der Waals surface area contributed by atoms with Crippen molar-refractivity contribution in [2.75, 3.05) is 5.32 Å². The molecule has 3 rings (SSSR count). The molecule has 0 unspecified atom stereocenters. The lowest BCUT2D eigenvalue weighted by atomic mass is 10.2. The van der Waals surface area contributed by atoms with Crippen molar-refractivity contribution in [3.8, 4) is 0 Å². The molecule has 0 aliphatic rings. The van der Waals surface area contributed by atoms with Crippen LogP contribution in [0.4, 0.5) is 14.5 Å². The van der Waals surface area contributed by atoms with Gasteiger partial charge in [-0.1, -0.05) is 36.0 Å². The number of carbonyl (C=O) groups excluding carboxylic acids is 1. The van der Waals surface area contributed by atoms with Gasteiger partial charge in [-0.15, -0.1) is 0 Å². The van der Waals surface area contributed by atoms with Gasteiger partial charge in [0.2, 0.25) is 15.9 Å². The second-order valence-corrected chi connectivity index (χ2v) is 8.97. The lowest BCUT2D eigenvalue weighted by molar-refractivity contribution is -0.111. The first kappa shape index (κ1) is 22.7. The Kier molecular flexibility index (Phi) is 7.61. The fraction of sp³-hybridized carbons (Fsp3) is 0.0952. The van der Waals surface area contributed by atoms with Crippen molar-refractivity contribution in [1.82, 2.24) is 4.72 Å². The van der Waals surface area contributed by atoms with Gasteiger partial charge in [-0.3, -0.25) is 4.79 Å². The van der Waals surface area contributed by atoms with Crippen molar-refractivity contribution >= 4 is 39.5 Å². The number of nitrogens with one attached hydrogen (secondary N) is 2. The maximum absolute atomic E-state index is 12.6. The van der Waals surface area contributed by atoms with Crippen LogP contribution < -0.4 is 10.0 Å². The molecule has 0 bridgehead atoms. The summed E-state index contributed by atoms with van der Waals surface area (Å²) in [6.07, 6.45) is 4.19. The molecule has 0 spiro atoms. The first-order valence-corrected chi connectivity index (χ1v) is 11.3. The lowest BCUT2D eigenvalue weighted by Crippen LogP contribution is -2.22. The predicted molar refractivity (Wildman–Crippen MR) is 115 cm³/mol. The standard InChI is InChI=1S/C21H18F2N2O4S2/c22-21(23)30-19-6-2-1-5-18(19)25-20(26)12-9-15-7-10-17(11-8-15)31(27,28)24-14-16-4-3-13-29-16/h1-13,21,24H,14H2,(H,25,26)/b12-9+. The van der Waals surface area contributed by atoms with E-state index in [1.807, 2.05) is 0 Å². The molecule has 0 saturated carbocycles. The summed E-state index contributed by atoms with van der Waals surface area (Å²) in [7, 11) is -3.72. The summed E-state index contributed by atoms with van der Waals surface area (Å²) in [4.78, 5) is 12.5. The summed E-state index contributed by atoms with van der Waals surface area (Å²) < 4.78 is 57.4. The van der Waals surface area contributed by atoms with E-state index >= 15 is 0 Å². The van der Waals surface area contributed by atoms with Crippen LogP contribution in [0, 0.1) is 0 Å². The number of hydrogen-bond donors (Lipinski definition) is 2. The van der Waals surface area contributed by atoms with Crippen LogP contribution in [0.2, 0.25) is 0 Å². The quantitative estimate of drug-likeness (QED) is 0.353. The SMILES string of the molecule is O=C(/C=C/c1ccc(S(=O)(=O)NCc2ccco2)cc1)Nc1ccccc1SC(F)F. The van der Waals surface area contributed by atoms with Crippen molar-refractivity contribution in [2.45, 2.75) is 22.1 Å². The number of thioether (sulfide) groups is 1. The average Bonchev–Trinajstić information content (AvgIpc) is 3.26. The number of para-hydroxylation sites is 1. The van der Waals surface area contributed by atoms with E-state index in [2.05, 4.69) is 10.0 Å². The molecular formula is C21H18F2N2O4S2. The summed E-state index contributed by atoms with van der Waals surface area (Å²) in [5.41, 5.74) is 0.877. The minimum absolute atomic E-state index is 0.0302. The van der Waals surface area contributed by atoms with E-state index in [9.17, 15) is 22.0 Å². The number of rotatable bonds is 9. The second kappa shape index (κ2) is 10.4. The zero-order valence-electron chi connectivity index (χ0n) is 16.0. The predicted octanol–water partition coefficient (Wildman–Crippen LogP) is 4.72. The fourth-order valence-electron chi connectivity index (χ4n) is 2.54. The van der Waals surface area contributed by atoms with Crippen molar-refractivity contribution in [3.05, 3.63) is 84.3 Å². The van der Waals surface area contributed by atoms with Crippen LogP contribution in [0.15, 0.2) is 87.2 Å². The van der Waals surface area contributed by atoms with Crippen molar-refractivity contribution in [3.63, 3.8) is 0 Å². The van der Waals surface area contributed by atoms with E-state index in [0.29, 0.717) is 23.1 Å². The summed E-state index contributed by atoms with van der Waals surface area (Å²) in [6, 6.07) is 15.5. The molecular weight excluding hydrogens is 446 g/mol. The van der Waals surface area contributed by atoms with E-state index < -0.39 is 21.7 Å². The Labute approximate surface area is 182 Å². The molecule has 2 N–H and O–H groups in total. The molecule has 2 aromatic carbocycles. The molecule has 3 aromatic rings. The van der Waals surface area contributed by atoms with Crippen LogP contribution in [0.3, 0.4) is 0 Å². The van der Waals surface area contributed by atoms with Gasteiger partial charge in [0.05, 0.1) is 23.4 Å². The van der Waals surface area contributed by atoms with Gasteiger partial charge in [-0.05, 0) is 48.0 Å². The normalized spacial score (nSPS) is 11.8. The number of furan rings is 1. The van der Waals surface area contributed by atoms with Crippen molar-refractivity contribution < 1.29 is 26.4 Å². The Morgan fingerprint density at radius 2 is 1.81 bits per heavy atom. The first-order valence-electron chi connectivity index (χ1n) is 8.98. The van der Waals surface area contributed by atoms with Gasteiger partial charge in [0.15, 0.2) is 0 Å². The van der Waals surface area contributed by atoms with Gasteiger partial charge in [0, 0.05) is 11.0 Å². The minimum atomic E-state index is -3.72. The van der Waals surface area contributed by atoms with E-state index in [1.165, 1.54) is 42.7 Å². The van der Waals surface area contributed by atoms with Crippen LogP contribution >= 0.6 is 11.8 Å². The van der Waals surface area contributed by atoms with Crippen LogP contribution in [-0.4, -0.2) is 20.1 Å². The van der Waals surface area contributed by atoms with Gasteiger partial charge in [0.1, 0.15) is 5.76 Å². The third-order valence-corrected chi connectivity index (χ3v) is 6.20. The number of amides is 1. The highest BCUT2D eigenvalue weighted by atomic mass is 32.2. The number of sulfonamides is 1. The van der Waals surface area contributed by atoms with Gasteiger partial charge >= 0.3 is 0 Å². The average molecular weight is 465 g/mol. The van der Waals surface area contributed by atoms with Gasteiger partial charge < -0.3 is 9.73 Å². The molecule has 1 amide bonds. The maximum Gasteiger partial charge on any atom is 0.288 e. The van der Waals surface area contributed by atoms with Crippen LogP contribution in [0.1, 0.15) is 11.3 Å². The Morgan fingerprint density at radius 1 is 1.06 bits per heavy atom. The zero-order chi connectivity index (χ0) is 22.3. The third-order valence-electron chi connectivity index (χ3n) is 4.00. The molecule has 162 valence electrons. The summed E-state index contributed by atoms with van der Waals surface area (Å²) >= 11 is 0.348. The van der Waals surface area contributed by atoms with E-state index in [4.69, 9.17) is 4.42 Å². The molecule has 10 heteroatoms. The second-order valence-electron chi connectivity index (χ2n) is 6.17. The molecule has 0 atom stereocenters. The summed E-state index contributed by atoms with van der Waals surface area (Å²) in [5.74, 6) is -2.61. The minimum Gasteiger partial charge on any atom is -0.468 e. The van der Waals surface area contributed by atoms with Crippen molar-refractivity contribution in [1.29, 1.82) is 0 Å². The molecule has 1 aromatic heterocycles. The Bertz CT molecular complexity index is 1150. The molecule has 0 radical (unpaired) electrons. The lowest BCUT2D eigenvalue weighted by Gasteiger charge is -2.08. The number of benzene rings is 2. The van der Waals surface area contributed by atoms with E-state index in [0.717, 1.165) is 0 Å². The molecule has 6 nitrogen and oxygen atoms in total. The molecule has 0 aliphatic heterocycles. The highest BCUT2D eigenvalue weighted by Gasteiger charge is 2.14. The molecule has 31 heavy (non-hydrogen) atoms. The van der Waals surface area contributed by atoms with Gasteiger partial charge in [-0.25, -0.2) is 13.1 Å². The fourth-order valence-corrected chi connectivity index (χ4v) is 4.12. The molecule has 0 saturated heterocycles. The van der Waals surface area contributed by atoms with E-state index in [1.54, 1.807) is 36.4 Å². The number of anilines is 1. The highest BCUT2D eigenvalue weighted by molar-refractivity contribution is 7.99. The maximum atomic E-state index is 12.6. The smallest absolute Gasteiger partial charge is 0.288 e. The Morgan fingerprint density at radius 3 is 2.48 bits per heavy atom. The van der Waals surface area contributed by atoms with E-state index in [-0.39, 0.29) is 22.0 Å². The number of hydrogen-bond acceptors (Lipinski definition) is 5. The summed E-state index contributed by atoms with van der Waals surface area (Å²) in [5, 5.41) is 2.56. The zero-order valence-corrected chi connectivity index (χ0v) is 17.6. The van der Waals surface area contributed by atoms with Crippen LogP contribution in [0.5, 0.6) is 0 Å². The monoisotopic (exact) mass is 464 g/mol. The first-order chi connectivity index (χ1) is 14.8.